The molecular weight excluding hydrogens is 348 g/mol. The van der Waals surface area contributed by atoms with Gasteiger partial charge in [0, 0.05) is 12.7 Å². The molecule has 4 nitrogen and oxygen atoms in total. The minimum absolute atomic E-state index is 0.140. The van der Waals surface area contributed by atoms with Gasteiger partial charge in [0.2, 0.25) is 5.95 Å². The molecule has 1 aliphatic rings. The Morgan fingerprint density at radius 3 is 3.00 bits per heavy atom. The molecule has 2 heterocycles. The van der Waals surface area contributed by atoms with E-state index >= 15 is 0 Å². The standard InChI is InChI=1S/C12H11FIN3O/c13-10-4-3-9(7-16-10)12(18)17-5-1-2-8(6-15)11(17)14/h3-4,7-8,11H,1-2,5H2. The van der Waals surface area contributed by atoms with Crippen molar-refractivity contribution < 1.29 is 9.18 Å². The van der Waals surface area contributed by atoms with E-state index in [9.17, 15) is 9.18 Å². The number of alkyl halides is 1. The fraction of sp³-hybridized carbons (Fsp3) is 0.417. The molecule has 0 aliphatic carbocycles. The number of piperidine rings is 1. The molecule has 0 saturated carbocycles. The summed E-state index contributed by atoms with van der Waals surface area (Å²) in [4.78, 5) is 17.4. The molecule has 1 amide bonds. The maximum absolute atomic E-state index is 12.7. The van der Waals surface area contributed by atoms with E-state index in [-0.39, 0.29) is 15.9 Å². The van der Waals surface area contributed by atoms with Gasteiger partial charge in [-0.25, -0.2) is 4.98 Å². The van der Waals surface area contributed by atoms with Gasteiger partial charge in [0.1, 0.15) is 0 Å². The molecule has 2 unspecified atom stereocenters. The summed E-state index contributed by atoms with van der Waals surface area (Å²) in [5, 5.41) is 9.01. The summed E-state index contributed by atoms with van der Waals surface area (Å²) in [6.45, 7) is 0.627. The highest BCUT2D eigenvalue weighted by Crippen LogP contribution is 2.29. The molecule has 6 heteroatoms. The van der Waals surface area contributed by atoms with Gasteiger partial charge in [0.05, 0.1) is 21.6 Å². The predicted octanol–water partition coefficient (Wildman–Crippen LogP) is 2.36. The van der Waals surface area contributed by atoms with Gasteiger partial charge in [-0.3, -0.25) is 4.79 Å². The Bertz CT molecular complexity index is 485. The lowest BCUT2D eigenvalue weighted by Gasteiger charge is -2.35. The van der Waals surface area contributed by atoms with E-state index in [0.29, 0.717) is 12.1 Å². The number of nitriles is 1. The van der Waals surface area contributed by atoms with E-state index in [4.69, 9.17) is 5.26 Å². The molecule has 18 heavy (non-hydrogen) atoms. The Balaban J connectivity index is 2.18. The van der Waals surface area contributed by atoms with Gasteiger partial charge in [0.15, 0.2) is 0 Å². The number of pyridine rings is 1. The van der Waals surface area contributed by atoms with Crippen LogP contribution in [0.5, 0.6) is 0 Å². The third-order valence-corrected chi connectivity index (χ3v) is 4.49. The Kier molecular flexibility index (Phi) is 4.11. The summed E-state index contributed by atoms with van der Waals surface area (Å²) in [5.41, 5.74) is 0.358. The maximum Gasteiger partial charge on any atom is 0.256 e. The second-order valence-electron chi connectivity index (χ2n) is 4.12. The van der Waals surface area contributed by atoms with Crippen molar-refractivity contribution in [3.8, 4) is 6.07 Å². The van der Waals surface area contributed by atoms with Gasteiger partial charge in [-0.15, -0.1) is 0 Å². The molecule has 1 aliphatic heterocycles. The number of rotatable bonds is 1. The third-order valence-electron chi connectivity index (χ3n) is 2.94. The van der Waals surface area contributed by atoms with Crippen LogP contribution in [0.25, 0.3) is 0 Å². The zero-order chi connectivity index (χ0) is 13.1. The molecular formula is C12H11FIN3O. The summed E-state index contributed by atoms with van der Waals surface area (Å²) in [6.07, 6.45) is 2.87. The van der Waals surface area contributed by atoms with Crippen LogP contribution in [0.4, 0.5) is 4.39 Å². The van der Waals surface area contributed by atoms with E-state index in [1.807, 2.05) is 0 Å². The van der Waals surface area contributed by atoms with Crippen molar-refractivity contribution in [1.29, 1.82) is 5.26 Å². The summed E-state index contributed by atoms with van der Waals surface area (Å²) in [6, 6.07) is 4.81. The van der Waals surface area contributed by atoms with E-state index in [1.54, 1.807) is 4.90 Å². The maximum atomic E-state index is 12.7. The van der Waals surface area contributed by atoms with Crippen LogP contribution in [0.15, 0.2) is 18.3 Å². The molecule has 1 aromatic rings. The molecule has 0 bridgehead atoms. The Hall–Kier alpha value is -1.23. The monoisotopic (exact) mass is 359 g/mol. The molecule has 1 saturated heterocycles. The van der Waals surface area contributed by atoms with Crippen LogP contribution in [0.2, 0.25) is 0 Å². The quantitative estimate of drug-likeness (QED) is 0.335. The lowest BCUT2D eigenvalue weighted by Crippen LogP contribution is -2.44. The molecule has 0 N–H and O–H groups in total. The second kappa shape index (κ2) is 5.61. The average molecular weight is 359 g/mol. The van der Waals surface area contributed by atoms with E-state index in [2.05, 4.69) is 33.6 Å². The Morgan fingerprint density at radius 2 is 2.39 bits per heavy atom. The van der Waals surface area contributed by atoms with Gasteiger partial charge in [-0.1, -0.05) is 22.6 Å². The summed E-state index contributed by atoms with van der Waals surface area (Å²) >= 11 is 2.12. The van der Waals surface area contributed by atoms with Gasteiger partial charge in [-0.05, 0) is 25.0 Å². The van der Waals surface area contributed by atoms with Crippen molar-refractivity contribution in [2.75, 3.05) is 6.54 Å². The van der Waals surface area contributed by atoms with Crippen molar-refractivity contribution in [2.24, 2.45) is 5.92 Å². The second-order valence-corrected chi connectivity index (χ2v) is 5.39. The number of halogens is 2. The molecule has 1 fully saturated rings. The molecule has 0 radical (unpaired) electrons. The molecule has 2 atom stereocenters. The first kappa shape index (κ1) is 13.2. The van der Waals surface area contributed by atoms with Gasteiger partial charge >= 0.3 is 0 Å². The fourth-order valence-electron chi connectivity index (χ4n) is 1.97. The van der Waals surface area contributed by atoms with E-state index < -0.39 is 5.95 Å². The Morgan fingerprint density at radius 1 is 1.61 bits per heavy atom. The molecule has 0 spiro atoms. The largest absolute Gasteiger partial charge is 0.325 e. The first-order valence-electron chi connectivity index (χ1n) is 5.59. The highest BCUT2D eigenvalue weighted by atomic mass is 127. The van der Waals surface area contributed by atoms with Crippen LogP contribution in [-0.2, 0) is 0 Å². The third kappa shape index (κ3) is 2.61. The number of carbonyl (C=O) groups excluding carboxylic acids is 1. The van der Waals surface area contributed by atoms with E-state index in [1.165, 1.54) is 18.3 Å². The number of amides is 1. The average Bonchev–Trinajstić information content (AvgIpc) is 2.39. The number of likely N-dealkylation sites (tertiary alicyclic amines) is 1. The van der Waals surface area contributed by atoms with Crippen LogP contribution in [0.3, 0.4) is 0 Å². The minimum Gasteiger partial charge on any atom is -0.325 e. The highest BCUT2D eigenvalue weighted by molar-refractivity contribution is 14.1. The zero-order valence-corrected chi connectivity index (χ0v) is 11.7. The molecule has 94 valence electrons. The number of hydrogen-bond donors (Lipinski definition) is 0. The highest BCUT2D eigenvalue weighted by Gasteiger charge is 2.32. The van der Waals surface area contributed by atoms with Crippen LogP contribution in [0.1, 0.15) is 23.2 Å². The number of hydrogen-bond acceptors (Lipinski definition) is 3. The predicted molar refractivity (Wildman–Crippen MR) is 71.4 cm³/mol. The van der Waals surface area contributed by atoms with Gasteiger partial charge in [0.25, 0.3) is 5.91 Å². The Labute approximate surface area is 118 Å². The smallest absolute Gasteiger partial charge is 0.256 e. The lowest BCUT2D eigenvalue weighted by atomic mass is 9.99. The summed E-state index contributed by atoms with van der Waals surface area (Å²) in [5.74, 6) is -0.940. The van der Waals surface area contributed by atoms with Crippen LogP contribution in [-0.4, -0.2) is 26.4 Å². The fourth-order valence-corrected chi connectivity index (χ4v) is 3.02. The van der Waals surface area contributed by atoms with Crippen LogP contribution >= 0.6 is 22.6 Å². The molecule has 1 aromatic heterocycles. The van der Waals surface area contributed by atoms with Crippen molar-refractivity contribution >= 4 is 28.5 Å². The van der Waals surface area contributed by atoms with Crippen molar-refractivity contribution in [2.45, 2.75) is 16.9 Å². The molecule has 0 aromatic carbocycles. The van der Waals surface area contributed by atoms with Gasteiger partial charge in [-0.2, -0.15) is 9.65 Å². The van der Waals surface area contributed by atoms with Crippen molar-refractivity contribution in [3.05, 3.63) is 29.8 Å². The van der Waals surface area contributed by atoms with Crippen molar-refractivity contribution in [3.63, 3.8) is 0 Å². The van der Waals surface area contributed by atoms with Gasteiger partial charge < -0.3 is 4.90 Å². The summed E-state index contributed by atoms with van der Waals surface area (Å²) < 4.78 is 12.6. The molecule has 2 rings (SSSR count). The van der Waals surface area contributed by atoms with Crippen LogP contribution < -0.4 is 0 Å². The lowest BCUT2D eigenvalue weighted by molar-refractivity contribution is 0.0680. The normalized spacial score (nSPS) is 23.5. The summed E-state index contributed by atoms with van der Waals surface area (Å²) in [7, 11) is 0. The SMILES string of the molecule is N#CC1CCCN(C(=O)c2ccc(F)nc2)C1I. The number of carbonyl (C=O) groups is 1. The topological polar surface area (TPSA) is 57.0 Å². The van der Waals surface area contributed by atoms with E-state index in [0.717, 1.165) is 12.8 Å². The number of nitrogens with zero attached hydrogens (tertiary/aromatic N) is 3. The van der Waals surface area contributed by atoms with Crippen LogP contribution in [0, 0.1) is 23.2 Å². The first-order valence-corrected chi connectivity index (χ1v) is 6.84. The minimum atomic E-state index is -0.605. The zero-order valence-electron chi connectivity index (χ0n) is 9.51. The first-order chi connectivity index (χ1) is 8.63. The van der Waals surface area contributed by atoms with Crippen molar-refractivity contribution in [1.82, 2.24) is 9.88 Å². The number of aromatic nitrogens is 1.